The molecule has 10 nitrogen and oxygen atoms in total. The molecule has 0 bridgehead atoms. The van der Waals surface area contributed by atoms with Crippen LogP contribution in [0.1, 0.15) is 24.1 Å². The molecule has 0 spiro atoms. The quantitative estimate of drug-likeness (QED) is 0.354. The summed E-state index contributed by atoms with van der Waals surface area (Å²) in [5.74, 6) is -1.83. The van der Waals surface area contributed by atoms with Crippen LogP contribution in [0.25, 0.3) is 5.57 Å². The van der Waals surface area contributed by atoms with E-state index in [1.54, 1.807) is 55.5 Å². The van der Waals surface area contributed by atoms with E-state index in [4.69, 9.17) is 9.47 Å². The van der Waals surface area contributed by atoms with Crippen molar-refractivity contribution in [2.24, 2.45) is 4.99 Å². The summed E-state index contributed by atoms with van der Waals surface area (Å²) in [4.78, 5) is 58.2. The number of carboxylic acid groups (broad SMARTS) is 1. The van der Waals surface area contributed by atoms with Gasteiger partial charge in [-0.25, -0.2) is 9.79 Å². The number of ether oxygens (including phenoxy) is 2. The average Bonchev–Trinajstić information content (AvgIpc) is 3.38. The van der Waals surface area contributed by atoms with E-state index in [1.807, 2.05) is 0 Å². The molecule has 0 saturated heterocycles. The molecule has 1 N–H and O–H groups in total. The monoisotopic (exact) mass is 545 g/mol. The Labute approximate surface area is 226 Å². The highest BCUT2D eigenvalue weighted by Gasteiger charge is 2.38. The number of methoxy groups -OCH3 is 1. The van der Waals surface area contributed by atoms with Gasteiger partial charge in [0.25, 0.3) is 11.5 Å². The van der Waals surface area contributed by atoms with Crippen molar-refractivity contribution in [2.45, 2.75) is 13.0 Å². The van der Waals surface area contributed by atoms with Crippen molar-refractivity contribution in [1.82, 2.24) is 4.57 Å². The molecule has 0 radical (unpaired) electrons. The second kappa shape index (κ2) is 10.2. The molecule has 0 saturated carbocycles. The van der Waals surface area contributed by atoms with Gasteiger partial charge in [-0.1, -0.05) is 54.3 Å². The zero-order chi connectivity index (χ0) is 27.8. The maximum absolute atomic E-state index is 14.1. The first-order chi connectivity index (χ1) is 18.8. The van der Waals surface area contributed by atoms with Gasteiger partial charge in [-0.2, -0.15) is 0 Å². The largest absolute Gasteiger partial charge is 0.497 e. The molecule has 198 valence electrons. The molecule has 1 atom stereocenters. The van der Waals surface area contributed by atoms with Crippen LogP contribution in [0, 0.1) is 0 Å². The highest BCUT2D eigenvalue weighted by Crippen LogP contribution is 2.35. The molecule has 2 aromatic carbocycles. The number of amides is 1. The second-order valence-electron chi connectivity index (χ2n) is 8.74. The maximum Gasteiger partial charge on any atom is 0.338 e. The molecule has 0 fully saturated rings. The van der Waals surface area contributed by atoms with E-state index in [2.05, 4.69) is 11.6 Å². The Balaban J connectivity index is 1.78. The Morgan fingerprint density at radius 3 is 2.54 bits per heavy atom. The fourth-order valence-corrected chi connectivity index (χ4v) is 5.88. The summed E-state index contributed by atoms with van der Waals surface area (Å²) in [5.41, 5.74) is 1.58. The summed E-state index contributed by atoms with van der Waals surface area (Å²) >= 11 is 1.01. The molecule has 0 aliphatic carbocycles. The Hall–Kier alpha value is -4.77. The molecular weight excluding hydrogens is 522 g/mol. The van der Waals surface area contributed by atoms with Gasteiger partial charge in [-0.15, -0.1) is 0 Å². The second-order valence-corrected chi connectivity index (χ2v) is 9.72. The molecule has 0 unspecified atom stereocenters. The number of fused-ring (bicyclic) bond motifs is 2. The van der Waals surface area contributed by atoms with Crippen LogP contribution in [-0.2, 0) is 19.1 Å². The van der Waals surface area contributed by atoms with Gasteiger partial charge in [0.2, 0.25) is 0 Å². The van der Waals surface area contributed by atoms with Crippen LogP contribution in [0.4, 0.5) is 5.69 Å². The van der Waals surface area contributed by atoms with Gasteiger partial charge >= 0.3 is 11.9 Å². The van der Waals surface area contributed by atoms with E-state index < -0.39 is 36.0 Å². The fraction of sp³-hybridized carbons (Fsp3) is 0.179. The number of benzene rings is 2. The minimum Gasteiger partial charge on any atom is -0.497 e. The number of hydrogen-bond acceptors (Lipinski definition) is 8. The van der Waals surface area contributed by atoms with Crippen molar-refractivity contribution in [3.8, 4) is 5.75 Å². The van der Waals surface area contributed by atoms with Crippen molar-refractivity contribution < 1.29 is 29.0 Å². The van der Waals surface area contributed by atoms with Crippen molar-refractivity contribution in [3.05, 3.63) is 103 Å². The summed E-state index contributed by atoms with van der Waals surface area (Å²) in [6.07, 6.45) is 1.44. The number of carbonyl (C=O) groups is 3. The molecule has 1 aromatic heterocycles. The Bertz CT molecular complexity index is 1750. The molecule has 2 aliphatic rings. The number of nitrogens with zero attached hydrogens (tertiary/aromatic N) is 3. The van der Waals surface area contributed by atoms with Crippen LogP contribution in [0.5, 0.6) is 5.75 Å². The fourth-order valence-electron chi connectivity index (χ4n) is 4.74. The summed E-state index contributed by atoms with van der Waals surface area (Å²) < 4.78 is 12.1. The number of allylic oxidation sites excluding steroid dienone is 1. The first-order valence-corrected chi connectivity index (χ1v) is 12.7. The van der Waals surface area contributed by atoms with E-state index in [-0.39, 0.29) is 22.3 Å². The zero-order valence-corrected chi connectivity index (χ0v) is 21.9. The lowest BCUT2D eigenvalue weighted by atomic mass is 9.96. The minimum atomic E-state index is -1.18. The summed E-state index contributed by atoms with van der Waals surface area (Å²) in [7, 11) is 1.53. The average molecular weight is 546 g/mol. The number of para-hydroxylation sites is 1. The first kappa shape index (κ1) is 25.9. The minimum absolute atomic E-state index is 0.0236. The molecule has 3 heterocycles. The van der Waals surface area contributed by atoms with E-state index >= 15 is 0 Å². The predicted molar refractivity (Wildman–Crippen MR) is 143 cm³/mol. The zero-order valence-electron chi connectivity index (χ0n) is 21.0. The number of aliphatic carboxylic acids is 1. The van der Waals surface area contributed by atoms with Gasteiger partial charge in [-0.05, 0) is 30.7 Å². The Morgan fingerprint density at radius 1 is 1.15 bits per heavy atom. The molecule has 2 aliphatic heterocycles. The van der Waals surface area contributed by atoms with Crippen molar-refractivity contribution in [1.29, 1.82) is 0 Å². The van der Waals surface area contributed by atoms with Crippen LogP contribution < -0.4 is 24.5 Å². The summed E-state index contributed by atoms with van der Waals surface area (Å²) in [6, 6.07) is 12.8. The lowest BCUT2D eigenvalue weighted by Crippen LogP contribution is -2.41. The van der Waals surface area contributed by atoms with Gasteiger partial charge in [0.15, 0.2) is 4.80 Å². The van der Waals surface area contributed by atoms with Crippen molar-refractivity contribution >= 4 is 40.4 Å². The topological polar surface area (TPSA) is 128 Å². The first-order valence-electron chi connectivity index (χ1n) is 11.9. The van der Waals surface area contributed by atoms with Crippen LogP contribution in [-0.4, -0.2) is 47.8 Å². The number of hydrogen-bond donors (Lipinski definition) is 1. The normalized spacial score (nSPS) is 17.3. The van der Waals surface area contributed by atoms with Gasteiger partial charge in [0.1, 0.15) is 23.4 Å². The molecule has 11 heteroatoms. The standard InChI is InChI=1S/C28H23N3O7S/c1-4-13-38-27(36)21-15(2)29-28-31(23(21)16-9-11-17(37-3)12-10-16)26(35)24(39-28)22-18-7-5-6-8-19(18)30(25(22)34)14-20(32)33/h4-12,23H,1,13-14H2,2-3H3,(H,32,33)/b24-22-/t23-/m0/s1. The van der Waals surface area contributed by atoms with E-state index in [0.717, 1.165) is 16.2 Å². The lowest BCUT2D eigenvalue weighted by molar-refractivity contribution is -0.138. The number of carboxylic acids is 1. The van der Waals surface area contributed by atoms with Gasteiger partial charge in [0, 0.05) is 5.56 Å². The third kappa shape index (κ3) is 4.36. The van der Waals surface area contributed by atoms with E-state index in [1.165, 1.54) is 17.8 Å². The van der Waals surface area contributed by atoms with Crippen LogP contribution in [0.3, 0.4) is 0 Å². The summed E-state index contributed by atoms with van der Waals surface area (Å²) in [5, 5.41) is 9.39. The van der Waals surface area contributed by atoms with E-state index in [0.29, 0.717) is 33.1 Å². The smallest absolute Gasteiger partial charge is 0.338 e. The number of carbonyl (C=O) groups excluding carboxylic acids is 2. The van der Waals surface area contributed by atoms with Gasteiger partial charge < -0.3 is 14.6 Å². The molecule has 39 heavy (non-hydrogen) atoms. The molecule has 5 rings (SSSR count). The SMILES string of the molecule is C=CCOC(=O)C1=C(C)N=c2s/c(=C3\C(=O)N(CC(=O)O)c4ccccc43)c(=O)n2[C@H]1c1ccc(OC)cc1. The van der Waals surface area contributed by atoms with Crippen LogP contribution in [0.15, 0.2) is 82.2 Å². The maximum atomic E-state index is 14.1. The number of esters is 1. The highest BCUT2D eigenvalue weighted by atomic mass is 32.1. The van der Waals surface area contributed by atoms with Crippen LogP contribution >= 0.6 is 11.3 Å². The van der Waals surface area contributed by atoms with Crippen molar-refractivity contribution in [3.63, 3.8) is 0 Å². The van der Waals surface area contributed by atoms with E-state index in [9.17, 15) is 24.3 Å². The number of aromatic nitrogens is 1. The number of rotatable bonds is 7. The van der Waals surface area contributed by atoms with Crippen LogP contribution in [0.2, 0.25) is 0 Å². The Kier molecular flexibility index (Phi) is 6.75. The van der Waals surface area contributed by atoms with Crippen molar-refractivity contribution in [2.75, 3.05) is 25.2 Å². The van der Waals surface area contributed by atoms with Gasteiger partial charge in [-0.3, -0.25) is 23.9 Å². The lowest BCUT2D eigenvalue weighted by Gasteiger charge is -2.24. The number of thiazole rings is 1. The highest BCUT2D eigenvalue weighted by molar-refractivity contribution is 7.07. The number of anilines is 1. The molecule has 1 amide bonds. The third-order valence-electron chi connectivity index (χ3n) is 6.42. The van der Waals surface area contributed by atoms with Gasteiger partial charge in [0.05, 0.1) is 35.7 Å². The molecule has 3 aromatic rings. The third-order valence-corrected chi connectivity index (χ3v) is 7.48. The Morgan fingerprint density at radius 2 is 1.87 bits per heavy atom. The summed E-state index contributed by atoms with van der Waals surface area (Å²) in [6.45, 7) is 4.66. The molecular formula is C28H23N3O7S. The predicted octanol–water partition coefficient (Wildman–Crippen LogP) is 1.77.